The number of amides is 1. The van der Waals surface area contributed by atoms with E-state index in [-0.39, 0.29) is 5.89 Å². The number of carbonyl (C=O) groups excluding carboxylic acids is 1. The van der Waals surface area contributed by atoms with Gasteiger partial charge < -0.3 is 9.73 Å². The number of carbonyl (C=O) groups is 1. The van der Waals surface area contributed by atoms with Gasteiger partial charge in [0.25, 0.3) is 0 Å². The number of anilines is 1. The van der Waals surface area contributed by atoms with Crippen LogP contribution in [0.15, 0.2) is 52.9 Å². The normalized spacial score (nSPS) is 10.5. The predicted octanol–water partition coefficient (Wildman–Crippen LogP) is 3.53. The Labute approximate surface area is 134 Å². The van der Waals surface area contributed by atoms with Gasteiger partial charge in [-0.05, 0) is 42.7 Å². The average molecular weight is 307 g/mol. The molecule has 0 aliphatic heterocycles. The molecule has 1 amide bonds. The standard InChI is InChI=1S/C18H17N3O2/c1-12-8-13(2)10-15(9-12)19-17(22)18-21-20-16(23-18)11-14-6-4-3-5-7-14/h3-10H,11H2,1-2H3,(H,19,22). The minimum atomic E-state index is -0.401. The Kier molecular flexibility index (Phi) is 4.19. The first-order chi connectivity index (χ1) is 11.1. The van der Waals surface area contributed by atoms with Crippen molar-refractivity contribution in [2.75, 3.05) is 5.32 Å². The highest BCUT2D eigenvalue weighted by Gasteiger charge is 2.15. The van der Waals surface area contributed by atoms with Gasteiger partial charge in [0.2, 0.25) is 5.89 Å². The number of aryl methyl sites for hydroxylation is 2. The van der Waals surface area contributed by atoms with Crippen molar-refractivity contribution in [3.05, 3.63) is 77.0 Å². The first-order valence-corrected chi connectivity index (χ1v) is 7.36. The lowest BCUT2D eigenvalue weighted by molar-refractivity contribution is 0.0988. The van der Waals surface area contributed by atoms with Crippen LogP contribution in [0.25, 0.3) is 0 Å². The summed E-state index contributed by atoms with van der Waals surface area (Å²) in [7, 11) is 0. The number of nitrogens with zero attached hydrogens (tertiary/aromatic N) is 2. The van der Waals surface area contributed by atoms with E-state index in [2.05, 4.69) is 15.5 Å². The van der Waals surface area contributed by atoms with Crippen molar-refractivity contribution in [1.29, 1.82) is 0 Å². The number of rotatable bonds is 4. The van der Waals surface area contributed by atoms with Crippen molar-refractivity contribution in [2.45, 2.75) is 20.3 Å². The van der Waals surface area contributed by atoms with Crippen molar-refractivity contribution >= 4 is 11.6 Å². The molecule has 3 rings (SSSR count). The molecule has 23 heavy (non-hydrogen) atoms. The zero-order valence-electron chi connectivity index (χ0n) is 13.0. The highest BCUT2D eigenvalue weighted by molar-refractivity contribution is 6.00. The van der Waals surface area contributed by atoms with Crippen LogP contribution in [0.2, 0.25) is 0 Å². The maximum atomic E-state index is 12.2. The summed E-state index contributed by atoms with van der Waals surface area (Å²) in [5, 5.41) is 10.5. The van der Waals surface area contributed by atoms with E-state index in [0.717, 1.165) is 22.4 Å². The molecule has 116 valence electrons. The third-order valence-corrected chi connectivity index (χ3v) is 3.34. The molecule has 2 aromatic carbocycles. The van der Waals surface area contributed by atoms with E-state index >= 15 is 0 Å². The second-order valence-corrected chi connectivity index (χ2v) is 5.49. The third-order valence-electron chi connectivity index (χ3n) is 3.34. The van der Waals surface area contributed by atoms with Crippen LogP contribution in [0.5, 0.6) is 0 Å². The SMILES string of the molecule is Cc1cc(C)cc(NC(=O)c2nnc(Cc3ccccc3)o2)c1. The first kappa shape index (κ1) is 15.0. The third kappa shape index (κ3) is 3.83. The summed E-state index contributed by atoms with van der Waals surface area (Å²) in [6, 6.07) is 15.6. The van der Waals surface area contributed by atoms with Crippen molar-refractivity contribution < 1.29 is 9.21 Å². The molecule has 3 aromatic rings. The quantitative estimate of drug-likeness (QED) is 0.800. The van der Waals surface area contributed by atoms with Crippen molar-refractivity contribution in [3.63, 3.8) is 0 Å². The molecule has 0 atom stereocenters. The molecule has 0 saturated heterocycles. The molecule has 1 N–H and O–H groups in total. The maximum Gasteiger partial charge on any atom is 0.313 e. The van der Waals surface area contributed by atoms with Crippen molar-refractivity contribution in [2.24, 2.45) is 0 Å². The Balaban J connectivity index is 1.71. The Bertz CT molecular complexity index is 805. The van der Waals surface area contributed by atoms with Gasteiger partial charge in [0.05, 0.1) is 6.42 Å². The van der Waals surface area contributed by atoms with Crippen LogP contribution < -0.4 is 5.32 Å². The minimum Gasteiger partial charge on any atom is -0.417 e. The summed E-state index contributed by atoms with van der Waals surface area (Å²) >= 11 is 0. The fraction of sp³-hybridized carbons (Fsp3) is 0.167. The molecular formula is C18H17N3O2. The second kappa shape index (κ2) is 6.44. The molecule has 0 unspecified atom stereocenters. The second-order valence-electron chi connectivity index (χ2n) is 5.49. The monoisotopic (exact) mass is 307 g/mol. The maximum absolute atomic E-state index is 12.2. The molecule has 0 aliphatic carbocycles. The molecule has 1 heterocycles. The van der Waals surface area contributed by atoms with Crippen LogP contribution in [-0.2, 0) is 6.42 Å². The molecule has 0 fully saturated rings. The van der Waals surface area contributed by atoms with Crippen molar-refractivity contribution in [3.8, 4) is 0 Å². The minimum absolute atomic E-state index is 0.0323. The summed E-state index contributed by atoms with van der Waals surface area (Å²) in [6.45, 7) is 3.96. The fourth-order valence-electron chi connectivity index (χ4n) is 2.42. The molecule has 5 nitrogen and oxygen atoms in total. The summed E-state index contributed by atoms with van der Waals surface area (Å²) in [6.07, 6.45) is 0.505. The Morgan fingerprint density at radius 1 is 1.04 bits per heavy atom. The Hall–Kier alpha value is -2.95. The number of hydrogen-bond donors (Lipinski definition) is 1. The van der Waals surface area contributed by atoms with Gasteiger partial charge in [-0.1, -0.05) is 36.4 Å². The van der Waals surface area contributed by atoms with E-state index in [1.54, 1.807) is 0 Å². The number of benzene rings is 2. The number of aromatic nitrogens is 2. The van der Waals surface area contributed by atoms with Crippen LogP contribution in [0.4, 0.5) is 5.69 Å². The lowest BCUT2D eigenvalue weighted by Crippen LogP contribution is -2.12. The van der Waals surface area contributed by atoms with E-state index < -0.39 is 5.91 Å². The summed E-state index contributed by atoms with van der Waals surface area (Å²) in [5.41, 5.74) is 3.93. The Morgan fingerprint density at radius 3 is 2.43 bits per heavy atom. The average Bonchev–Trinajstić information content (AvgIpc) is 2.96. The lowest BCUT2D eigenvalue weighted by atomic mass is 10.1. The first-order valence-electron chi connectivity index (χ1n) is 7.36. The molecule has 0 spiro atoms. The summed E-state index contributed by atoms with van der Waals surface area (Å²) in [5.74, 6) is -0.0151. The van der Waals surface area contributed by atoms with E-state index in [1.807, 2.05) is 62.4 Å². The van der Waals surface area contributed by atoms with Gasteiger partial charge in [-0.25, -0.2) is 0 Å². The summed E-state index contributed by atoms with van der Waals surface area (Å²) < 4.78 is 5.45. The van der Waals surface area contributed by atoms with E-state index in [0.29, 0.717) is 12.3 Å². The van der Waals surface area contributed by atoms with E-state index in [1.165, 1.54) is 0 Å². The van der Waals surface area contributed by atoms with Gasteiger partial charge in [-0.3, -0.25) is 4.79 Å². The largest absolute Gasteiger partial charge is 0.417 e. The van der Waals surface area contributed by atoms with Gasteiger partial charge in [0.15, 0.2) is 0 Å². The highest BCUT2D eigenvalue weighted by atomic mass is 16.4. The van der Waals surface area contributed by atoms with Crippen LogP contribution in [0.1, 0.15) is 33.3 Å². The molecule has 5 heteroatoms. The summed E-state index contributed by atoms with van der Waals surface area (Å²) in [4.78, 5) is 12.2. The van der Waals surface area contributed by atoms with Gasteiger partial charge in [0, 0.05) is 5.69 Å². The zero-order valence-corrected chi connectivity index (χ0v) is 13.0. The zero-order chi connectivity index (χ0) is 16.2. The topological polar surface area (TPSA) is 68.0 Å². The lowest BCUT2D eigenvalue weighted by Gasteiger charge is -2.05. The molecular weight excluding hydrogens is 290 g/mol. The molecule has 0 bridgehead atoms. The Morgan fingerprint density at radius 2 is 1.74 bits per heavy atom. The van der Waals surface area contributed by atoms with Gasteiger partial charge in [0.1, 0.15) is 0 Å². The van der Waals surface area contributed by atoms with Crippen LogP contribution in [0, 0.1) is 13.8 Å². The van der Waals surface area contributed by atoms with Gasteiger partial charge in [-0.2, -0.15) is 0 Å². The van der Waals surface area contributed by atoms with Crippen LogP contribution in [0.3, 0.4) is 0 Å². The molecule has 0 aliphatic rings. The molecule has 0 radical (unpaired) electrons. The van der Waals surface area contributed by atoms with Crippen molar-refractivity contribution in [1.82, 2.24) is 10.2 Å². The molecule has 0 saturated carbocycles. The van der Waals surface area contributed by atoms with Gasteiger partial charge in [-0.15, -0.1) is 10.2 Å². The molecule has 1 aromatic heterocycles. The smallest absolute Gasteiger partial charge is 0.313 e. The number of hydrogen-bond acceptors (Lipinski definition) is 4. The number of nitrogens with one attached hydrogen (secondary N) is 1. The van der Waals surface area contributed by atoms with Gasteiger partial charge >= 0.3 is 11.8 Å². The fourth-order valence-corrected chi connectivity index (χ4v) is 2.42. The highest BCUT2D eigenvalue weighted by Crippen LogP contribution is 2.15. The van der Waals surface area contributed by atoms with Crippen LogP contribution >= 0.6 is 0 Å². The van der Waals surface area contributed by atoms with E-state index in [4.69, 9.17) is 4.42 Å². The van der Waals surface area contributed by atoms with Crippen LogP contribution in [-0.4, -0.2) is 16.1 Å². The predicted molar refractivity (Wildman–Crippen MR) is 87.4 cm³/mol. The van der Waals surface area contributed by atoms with E-state index in [9.17, 15) is 4.79 Å².